The Morgan fingerprint density at radius 2 is 2.18 bits per heavy atom. The van der Waals surface area contributed by atoms with E-state index in [2.05, 4.69) is 9.97 Å². The van der Waals surface area contributed by atoms with Gasteiger partial charge in [-0.15, -0.1) is 0 Å². The summed E-state index contributed by atoms with van der Waals surface area (Å²) in [5.74, 6) is 0.457. The second-order valence-corrected chi connectivity index (χ2v) is 3.63. The van der Waals surface area contributed by atoms with E-state index in [4.69, 9.17) is 21.1 Å². The summed E-state index contributed by atoms with van der Waals surface area (Å²) in [7, 11) is 1.54. The Morgan fingerprint density at radius 3 is 2.82 bits per heavy atom. The maximum absolute atomic E-state index is 11.8. The molecule has 0 N–H and O–H groups in total. The molecule has 0 spiro atoms. The maximum Gasteiger partial charge on any atom is 0.261 e. The Morgan fingerprint density at radius 1 is 1.41 bits per heavy atom. The molecule has 0 saturated carbocycles. The molecule has 1 rings (SSSR count). The molecule has 4 nitrogen and oxygen atoms in total. The first-order valence-corrected chi connectivity index (χ1v) is 5.36. The van der Waals surface area contributed by atoms with Gasteiger partial charge in [-0.05, 0) is 6.07 Å². The molecule has 1 aromatic rings. The summed E-state index contributed by atoms with van der Waals surface area (Å²) in [6.07, 6.45) is -2.12. The molecule has 0 aliphatic heterocycles. The van der Waals surface area contributed by atoms with Crippen LogP contribution in [0.25, 0.3) is 0 Å². The van der Waals surface area contributed by atoms with Crippen molar-refractivity contribution in [2.45, 2.75) is 19.5 Å². The van der Waals surface area contributed by atoms with Crippen LogP contribution in [0.15, 0.2) is 6.07 Å². The largest absolute Gasteiger partial charge is 0.378 e. The summed E-state index contributed by atoms with van der Waals surface area (Å²) in [6.45, 7) is -0.115. The molecule has 0 aliphatic rings. The number of ether oxygens (including phenoxy) is 2. The molecule has 0 amide bonds. The summed E-state index contributed by atoms with van der Waals surface area (Å²) < 4.78 is 33.2. The molecule has 0 radical (unpaired) electrons. The molecule has 0 saturated heterocycles. The van der Waals surface area contributed by atoms with Gasteiger partial charge in [-0.1, -0.05) is 11.6 Å². The summed E-state index contributed by atoms with van der Waals surface area (Å²) in [5.41, 5.74) is 0.649. The van der Waals surface area contributed by atoms with Crippen LogP contribution in [0.3, 0.4) is 0 Å². The number of aromatic nitrogens is 2. The molecular weight excluding hydrogens is 254 g/mol. The van der Waals surface area contributed by atoms with E-state index in [1.165, 1.54) is 0 Å². The topological polar surface area (TPSA) is 44.2 Å². The molecule has 7 heteroatoms. The van der Waals surface area contributed by atoms with Gasteiger partial charge in [0.2, 0.25) is 0 Å². The zero-order chi connectivity index (χ0) is 12.7. The van der Waals surface area contributed by atoms with E-state index in [1.807, 2.05) is 0 Å². The zero-order valence-corrected chi connectivity index (χ0v) is 10.1. The zero-order valence-electron chi connectivity index (χ0n) is 9.33. The SMILES string of the molecule is COCc1cc(Cl)nc(CCOCC(F)F)n1. The van der Waals surface area contributed by atoms with Crippen LogP contribution in [0.2, 0.25) is 5.15 Å². The molecule has 0 bridgehead atoms. The van der Waals surface area contributed by atoms with Gasteiger partial charge in [0.1, 0.15) is 17.6 Å². The number of halogens is 3. The number of alkyl halides is 2. The number of methoxy groups -OCH3 is 1. The number of hydrogen-bond donors (Lipinski definition) is 0. The first-order valence-electron chi connectivity index (χ1n) is 4.99. The first-order chi connectivity index (χ1) is 8.11. The Balaban J connectivity index is 2.46. The number of hydrogen-bond acceptors (Lipinski definition) is 4. The third-order valence-corrected chi connectivity index (χ3v) is 1.99. The number of rotatable bonds is 7. The smallest absolute Gasteiger partial charge is 0.261 e. The van der Waals surface area contributed by atoms with Gasteiger partial charge in [-0.2, -0.15) is 0 Å². The van der Waals surface area contributed by atoms with E-state index in [0.717, 1.165) is 0 Å². The highest BCUT2D eigenvalue weighted by Gasteiger charge is 2.05. The van der Waals surface area contributed by atoms with Gasteiger partial charge in [0.15, 0.2) is 0 Å². The highest BCUT2D eigenvalue weighted by atomic mass is 35.5. The minimum atomic E-state index is -2.46. The molecule has 96 valence electrons. The van der Waals surface area contributed by atoms with Crippen LogP contribution in [-0.2, 0) is 22.5 Å². The normalized spacial score (nSPS) is 11.1. The molecule has 0 fully saturated rings. The third kappa shape index (κ3) is 5.86. The third-order valence-electron chi connectivity index (χ3n) is 1.80. The molecule has 0 aliphatic carbocycles. The summed E-state index contributed by atoms with van der Waals surface area (Å²) in [5, 5.41) is 0.302. The Labute approximate surface area is 103 Å². The van der Waals surface area contributed by atoms with Crippen molar-refractivity contribution in [3.63, 3.8) is 0 Å². The fraction of sp³-hybridized carbons (Fsp3) is 0.600. The second kappa shape index (κ2) is 7.47. The van der Waals surface area contributed by atoms with Gasteiger partial charge in [0.25, 0.3) is 6.43 Å². The van der Waals surface area contributed by atoms with Crippen LogP contribution >= 0.6 is 11.6 Å². The molecule has 0 unspecified atom stereocenters. The lowest BCUT2D eigenvalue weighted by atomic mass is 10.3. The molecule has 0 atom stereocenters. The van der Waals surface area contributed by atoms with E-state index in [1.54, 1.807) is 13.2 Å². The van der Waals surface area contributed by atoms with Crippen LogP contribution in [-0.4, -0.2) is 36.7 Å². The van der Waals surface area contributed by atoms with Crippen molar-refractivity contribution in [2.24, 2.45) is 0 Å². The van der Waals surface area contributed by atoms with E-state index in [9.17, 15) is 8.78 Å². The highest BCUT2D eigenvalue weighted by molar-refractivity contribution is 6.29. The molecule has 1 heterocycles. The molecular formula is C10H13ClF2N2O2. The van der Waals surface area contributed by atoms with E-state index in [-0.39, 0.29) is 6.61 Å². The van der Waals surface area contributed by atoms with Gasteiger partial charge in [-0.25, -0.2) is 18.7 Å². The van der Waals surface area contributed by atoms with Gasteiger partial charge in [0, 0.05) is 13.5 Å². The van der Waals surface area contributed by atoms with Crippen molar-refractivity contribution in [2.75, 3.05) is 20.3 Å². The van der Waals surface area contributed by atoms with Crippen LogP contribution in [0.1, 0.15) is 11.5 Å². The lowest BCUT2D eigenvalue weighted by Crippen LogP contribution is -2.09. The molecule has 0 aromatic carbocycles. The fourth-order valence-electron chi connectivity index (χ4n) is 1.19. The van der Waals surface area contributed by atoms with Gasteiger partial charge >= 0.3 is 0 Å². The average molecular weight is 267 g/mol. The Kier molecular flexibility index (Phi) is 6.25. The highest BCUT2D eigenvalue weighted by Crippen LogP contribution is 2.08. The average Bonchev–Trinajstić information content (AvgIpc) is 2.24. The van der Waals surface area contributed by atoms with E-state index in [0.29, 0.717) is 29.7 Å². The quantitative estimate of drug-likeness (QED) is 0.560. The van der Waals surface area contributed by atoms with Crippen LogP contribution in [0, 0.1) is 0 Å². The van der Waals surface area contributed by atoms with Crippen LogP contribution < -0.4 is 0 Å². The van der Waals surface area contributed by atoms with Gasteiger partial charge in [0.05, 0.1) is 18.9 Å². The summed E-state index contributed by atoms with van der Waals surface area (Å²) >= 11 is 5.78. The van der Waals surface area contributed by atoms with Crippen molar-refractivity contribution in [3.05, 3.63) is 22.7 Å². The van der Waals surface area contributed by atoms with Crippen molar-refractivity contribution >= 4 is 11.6 Å². The Hall–Kier alpha value is -0.850. The summed E-state index contributed by atoms with van der Waals surface area (Å²) in [6, 6.07) is 1.59. The van der Waals surface area contributed by atoms with Crippen LogP contribution in [0.4, 0.5) is 8.78 Å². The first kappa shape index (κ1) is 14.2. The van der Waals surface area contributed by atoms with Gasteiger partial charge in [-0.3, -0.25) is 0 Å². The standard InChI is InChI=1S/C10H13ClF2N2O2/c1-16-5-7-4-8(11)15-10(14-7)2-3-17-6-9(12)13/h4,9H,2-3,5-6H2,1H3. The monoisotopic (exact) mass is 266 g/mol. The lowest BCUT2D eigenvalue weighted by molar-refractivity contribution is 0.0182. The van der Waals surface area contributed by atoms with Gasteiger partial charge < -0.3 is 9.47 Å². The van der Waals surface area contributed by atoms with E-state index >= 15 is 0 Å². The minimum absolute atomic E-state index is 0.136. The van der Waals surface area contributed by atoms with Crippen molar-refractivity contribution in [1.82, 2.24) is 9.97 Å². The van der Waals surface area contributed by atoms with Crippen molar-refractivity contribution in [3.8, 4) is 0 Å². The minimum Gasteiger partial charge on any atom is -0.378 e. The molecule has 1 aromatic heterocycles. The number of nitrogens with zero attached hydrogens (tertiary/aromatic N) is 2. The second-order valence-electron chi connectivity index (χ2n) is 3.25. The molecule has 17 heavy (non-hydrogen) atoms. The van der Waals surface area contributed by atoms with Crippen molar-refractivity contribution in [1.29, 1.82) is 0 Å². The summed E-state index contributed by atoms with van der Waals surface area (Å²) in [4.78, 5) is 8.12. The van der Waals surface area contributed by atoms with Crippen molar-refractivity contribution < 1.29 is 18.3 Å². The maximum atomic E-state index is 11.8. The lowest BCUT2D eigenvalue weighted by Gasteiger charge is -2.05. The predicted octanol–water partition coefficient (Wildman–Crippen LogP) is 2.10. The Bertz CT molecular complexity index is 353. The fourth-order valence-corrected chi connectivity index (χ4v) is 1.41. The van der Waals surface area contributed by atoms with Crippen LogP contribution in [0.5, 0.6) is 0 Å². The predicted molar refractivity (Wildman–Crippen MR) is 58.3 cm³/mol. The van der Waals surface area contributed by atoms with E-state index < -0.39 is 13.0 Å².